The van der Waals surface area contributed by atoms with Crippen LogP contribution in [-0.4, -0.2) is 51.3 Å². The fourth-order valence-corrected chi connectivity index (χ4v) is 4.52. The van der Waals surface area contributed by atoms with Gasteiger partial charge < -0.3 is 4.90 Å². The van der Waals surface area contributed by atoms with Gasteiger partial charge in [0.2, 0.25) is 0 Å². The second-order valence-electron chi connectivity index (χ2n) is 8.36. The van der Waals surface area contributed by atoms with E-state index in [1.807, 2.05) is 56.0 Å². The Bertz CT molecular complexity index is 1170. The molecule has 3 aliphatic heterocycles. The number of rotatable bonds is 3. The number of amides is 1. The lowest BCUT2D eigenvalue weighted by molar-refractivity contribution is -0.121. The second kappa shape index (κ2) is 8.12. The van der Waals surface area contributed by atoms with Crippen molar-refractivity contribution >= 4 is 28.6 Å². The number of nitrogens with zero attached hydrogens (tertiary/aromatic N) is 5. The average molecular weight is 414 g/mol. The Balaban J connectivity index is 1.43. The third-order valence-corrected chi connectivity index (χ3v) is 6.35. The molecule has 0 saturated carbocycles. The number of likely N-dealkylation sites (tertiary alicyclic amines) is 1. The molecule has 0 unspecified atom stereocenters. The Morgan fingerprint density at radius 2 is 2.03 bits per heavy atom. The summed E-state index contributed by atoms with van der Waals surface area (Å²) >= 11 is 0. The maximum atomic E-state index is 13.2. The fraction of sp³-hybridized carbons (Fsp3) is 0.320. The molecule has 1 aromatic heterocycles. The number of fused-ring (bicyclic) bond motifs is 2. The van der Waals surface area contributed by atoms with Crippen molar-refractivity contribution in [1.29, 1.82) is 0 Å². The van der Waals surface area contributed by atoms with Crippen LogP contribution in [0.4, 0.5) is 0 Å². The highest BCUT2D eigenvalue weighted by molar-refractivity contribution is 6.03. The Labute approximate surface area is 182 Å². The molecule has 1 fully saturated rings. The number of aryl methyl sites for hydroxylation is 1. The van der Waals surface area contributed by atoms with Crippen LogP contribution in [0.25, 0.3) is 16.5 Å². The van der Waals surface area contributed by atoms with Crippen LogP contribution in [0.5, 0.6) is 0 Å². The van der Waals surface area contributed by atoms with Gasteiger partial charge in [-0.05, 0) is 61.8 Å². The Morgan fingerprint density at radius 1 is 1.19 bits per heavy atom. The quantitative estimate of drug-likeness (QED) is 0.767. The van der Waals surface area contributed by atoms with E-state index in [4.69, 9.17) is 4.99 Å². The molecule has 3 aliphatic rings. The lowest BCUT2D eigenvalue weighted by atomic mass is 9.93. The minimum Gasteiger partial charge on any atom is -0.304 e. The molecule has 31 heavy (non-hydrogen) atoms. The normalized spacial score (nSPS) is 24.6. The first kappa shape index (κ1) is 19.7. The molecule has 5 rings (SSSR count). The van der Waals surface area contributed by atoms with E-state index in [2.05, 4.69) is 23.0 Å². The minimum atomic E-state index is -0.0495. The van der Waals surface area contributed by atoms with Gasteiger partial charge in [-0.25, -0.2) is 0 Å². The van der Waals surface area contributed by atoms with Gasteiger partial charge in [-0.2, -0.15) is 5.10 Å². The third-order valence-electron chi connectivity index (χ3n) is 6.35. The van der Waals surface area contributed by atoms with E-state index >= 15 is 0 Å². The third kappa shape index (κ3) is 3.91. The van der Waals surface area contributed by atoms with Gasteiger partial charge in [0, 0.05) is 36.8 Å². The molecule has 6 heteroatoms. The van der Waals surface area contributed by atoms with Crippen LogP contribution in [0, 0.1) is 5.92 Å². The minimum absolute atomic E-state index is 0.0495. The molecule has 0 N–H and O–H groups in total. The number of carbonyl (C=O) groups excluding carboxylic acids is 1. The fourth-order valence-electron chi connectivity index (χ4n) is 4.52. The molecule has 0 bridgehead atoms. The van der Waals surface area contributed by atoms with Gasteiger partial charge in [-0.15, -0.1) is 0 Å². The van der Waals surface area contributed by atoms with Crippen molar-refractivity contribution in [2.24, 2.45) is 18.0 Å². The van der Waals surface area contributed by atoms with Crippen LogP contribution in [0.1, 0.15) is 25.3 Å². The van der Waals surface area contributed by atoms with E-state index in [-0.39, 0.29) is 5.91 Å². The van der Waals surface area contributed by atoms with E-state index in [1.54, 1.807) is 15.7 Å². The zero-order valence-electron chi connectivity index (χ0n) is 18.0. The van der Waals surface area contributed by atoms with Crippen LogP contribution in [-0.2, 0) is 11.8 Å². The van der Waals surface area contributed by atoms with Gasteiger partial charge in [0.15, 0.2) is 0 Å². The van der Waals surface area contributed by atoms with Crippen molar-refractivity contribution in [3.63, 3.8) is 0 Å². The maximum absolute atomic E-state index is 13.2. The molecule has 158 valence electrons. The predicted molar refractivity (Wildman–Crippen MR) is 124 cm³/mol. The topological polar surface area (TPSA) is 53.7 Å². The van der Waals surface area contributed by atoms with Gasteiger partial charge >= 0.3 is 0 Å². The Hall–Kier alpha value is -3.25. The van der Waals surface area contributed by atoms with E-state index in [0.717, 1.165) is 65.9 Å². The first-order valence-electron chi connectivity index (χ1n) is 11.0. The second-order valence-corrected chi connectivity index (χ2v) is 8.36. The number of allylic oxidation sites excluding steroid dienone is 6. The van der Waals surface area contributed by atoms with Gasteiger partial charge in [0.25, 0.3) is 5.91 Å². The van der Waals surface area contributed by atoms with E-state index in [1.165, 1.54) is 0 Å². The molecular formula is C25H27N5O. The maximum Gasteiger partial charge on any atom is 0.255 e. The molecule has 2 aromatic rings. The zero-order valence-corrected chi connectivity index (χ0v) is 18.0. The molecule has 1 saturated heterocycles. The molecule has 0 radical (unpaired) electrons. The summed E-state index contributed by atoms with van der Waals surface area (Å²) in [6.45, 7) is 5.48. The predicted octanol–water partition coefficient (Wildman–Crippen LogP) is 3.90. The first-order chi connectivity index (χ1) is 15.1. The Morgan fingerprint density at radius 3 is 2.84 bits per heavy atom. The average Bonchev–Trinajstić information content (AvgIpc) is 3.16. The molecule has 6 nitrogen and oxygen atoms in total. The van der Waals surface area contributed by atoms with Crippen LogP contribution in [0.15, 0.2) is 71.3 Å². The lowest BCUT2D eigenvalue weighted by Crippen LogP contribution is -2.35. The number of aromatic nitrogens is 2. The number of aliphatic imine (C=N–C) groups is 1. The summed E-state index contributed by atoms with van der Waals surface area (Å²) in [5.41, 5.74) is 4.65. The number of hydrogen-bond donors (Lipinski definition) is 0. The molecular weight excluding hydrogens is 386 g/mol. The SMILES string of the molecule is CCN1CCC(C2=CN3C(=O)\C=C(c4ccc5nn(C)cc5c4)/C=C/C=C/3C=N2)CC1. The number of piperidine rings is 1. The Kier molecular flexibility index (Phi) is 5.16. The highest BCUT2D eigenvalue weighted by atomic mass is 16.2. The van der Waals surface area contributed by atoms with Gasteiger partial charge in [0.05, 0.1) is 23.1 Å². The summed E-state index contributed by atoms with van der Waals surface area (Å²) in [6.07, 6.45) is 15.6. The van der Waals surface area contributed by atoms with E-state index in [0.29, 0.717) is 5.92 Å². The molecule has 0 aliphatic carbocycles. The number of carbonyl (C=O) groups is 1. The van der Waals surface area contributed by atoms with Crippen LogP contribution in [0.2, 0.25) is 0 Å². The van der Waals surface area contributed by atoms with Crippen molar-refractivity contribution in [1.82, 2.24) is 19.6 Å². The van der Waals surface area contributed by atoms with Gasteiger partial charge in [-0.1, -0.05) is 25.1 Å². The molecule has 4 heterocycles. The summed E-state index contributed by atoms with van der Waals surface area (Å²) in [5.74, 6) is 0.359. The highest BCUT2D eigenvalue weighted by Gasteiger charge is 2.26. The van der Waals surface area contributed by atoms with Crippen LogP contribution in [0.3, 0.4) is 0 Å². The standard InChI is InChI=1S/C25H27N5O/c1-3-29-11-9-18(10-12-29)24-17-30-22(15-26-24)6-4-5-19(14-25(30)31)20-7-8-23-21(13-20)16-28(2)27-23/h4-8,13-18H,3,9-12H2,1-2H3/b5-4+,19-14+,22-6+. The number of benzene rings is 1. The van der Waals surface area contributed by atoms with Crippen LogP contribution >= 0.6 is 0 Å². The van der Waals surface area contributed by atoms with Crippen molar-refractivity contribution in [3.8, 4) is 0 Å². The molecule has 1 aromatic carbocycles. The molecule has 1 amide bonds. The molecule has 0 atom stereocenters. The summed E-state index contributed by atoms with van der Waals surface area (Å²) in [4.78, 5) is 22.1. The van der Waals surface area contributed by atoms with E-state index in [9.17, 15) is 4.79 Å². The summed E-state index contributed by atoms with van der Waals surface area (Å²) < 4.78 is 1.81. The summed E-state index contributed by atoms with van der Waals surface area (Å²) in [6, 6.07) is 6.10. The first-order valence-corrected chi connectivity index (χ1v) is 11.0. The van der Waals surface area contributed by atoms with Gasteiger partial charge in [-0.3, -0.25) is 19.4 Å². The zero-order chi connectivity index (χ0) is 21.4. The van der Waals surface area contributed by atoms with Crippen molar-refractivity contribution in [2.75, 3.05) is 19.6 Å². The van der Waals surface area contributed by atoms with E-state index < -0.39 is 0 Å². The summed E-state index contributed by atoms with van der Waals surface area (Å²) in [7, 11) is 1.92. The summed E-state index contributed by atoms with van der Waals surface area (Å²) in [5, 5.41) is 5.49. The van der Waals surface area contributed by atoms with Crippen molar-refractivity contribution in [3.05, 3.63) is 71.9 Å². The monoisotopic (exact) mass is 413 g/mol. The van der Waals surface area contributed by atoms with Crippen molar-refractivity contribution < 1.29 is 4.79 Å². The highest BCUT2D eigenvalue weighted by Crippen LogP contribution is 2.30. The smallest absolute Gasteiger partial charge is 0.255 e. The largest absolute Gasteiger partial charge is 0.304 e. The number of hydrogen-bond acceptors (Lipinski definition) is 4. The van der Waals surface area contributed by atoms with Crippen molar-refractivity contribution in [2.45, 2.75) is 19.8 Å². The molecule has 0 spiro atoms. The lowest BCUT2D eigenvalue weighted by Gasteiger charge is -2.33. The van der Waals surface area contributed by atoms with Gasteiger partial charge in [0.1, 0.15) is 0 Å². The van der Waals surface area contributed by atoms with Crippen LogP contribution < -0.4 is 0 Å².